The summed E-state index contributed by atoms with van der Waals surface area (Å²) >= 11 is 5.63. The standard InChI is InChI=1S/C14H14ClFN2O/c15-11-5-13(17)14(6-12(11)16)18-7-9-1-3-10(8-19)4-2-9/h1-6,18-19H,7-8,17H2. The normalized spacial score (nSPS) is 10.5. The van der Waals surface area contributed by atoms with Crippen molar-refractivity contribution in [3.63, 3.8) is 0 Å². The Kier molecular flexibility index (Phi) is 4.24. The van der Waals surface area contributed by atoms with E-state index in [0.717, 1.165) is 11.1 Å². The minimum atomic E-state index is -0.506. The molecule has 0 heterocycles. The Balaban J connectivity index is 2.07. The number of nitrogens with one attached hydrogen (secondary N) is 1. The van der Waals surface area contributed by atoms with Gasteiger partial charge in [-0.05, 0) is 17.2 Å². The number of aliphatic hydroxyl groups is 1. The fourth-order valence-electron chi connectivity index (χ4n) is 1.68. The van der Waals surface area contributed by atoms with Crippen LogP contribution in [0.1, 0.15) is 11.1 Å². The summed E-state index contributed by atoms with van der Waals surface area (Å²) in [5.41, 5.74) is 8.52. The molecule has 0 unspecified atom stereocenters. The Morgan fingerprint density at radius 3 is 2.42 bits per heavy atom. The van der Waals surface area contributed by atoms with Gasteiger partial charge in [0.05, 0.1) is 23.0 Å². The lowest BCUT2D eigenvalue weighted by Crippen LogP contribution is -2.03. The van der Waals surface area contributed by atoms with E-state index in [1.807, 2.05) is 24.3 Å². The smallest absolute Gasteiger partial charge is 0.143 e. The van der Waals surface area contributed by atoms with Crippen LogP contribution in [0, 0.1) is 5.82 Å². The summed E-state index contributed by atoms with van der Waals surface area (Å²) in [5.74, 6) is -0.506. The van der Waals surface area contributed by atoms with Crippen molar-refractivity contribution >= 4 is 23.0 Å². The molecule has 0 aliphatic carbocycles. The second-order valence-corrected chi connectivity index (χ2v) is 4.59. The SMILES string of the molecule is Nc1cc(Cl)c(F)cc1NCc1ccc(CO)cc1. The first-order chi connectivity index (χ1) is 9.10. The molecule has 0 aliphatic heterocycles. The van der Waals surface area contributed by atoms with Crippen LogP contribution in [0.2, 0.25) is 5.02 Å². The average molecular weight is 281 g/mol. The molecule has 2 aromatic rings. The zero-order valence-electron chi connectivity index (χ0n) is 10.2. The van der Waals surface area contributed by atoms with Crippen LogP contribution in [-0.4, -0.2) is 5.11 Å². The van der Waals surface area contributed by atoms with Gasteiger partial charge in [0.15, 0.2) is 0 Å². The topological polar surface area (TPSA) is 58.3 Å². The number of halogens is 2. The molecule has 0 bridgehead atoms. The minimum Gasteiger partial charge on any atom is -0.397 e. The van der Waals surface area contributed by atoms with Gasteiger partial charge >= 0.3 is 0 Å². The number of rotatable bonds is 4. The van der Waals surface area contributed by atoms with E-state index in [4.69, 9.17) is 22.4 Å². The maximum atomic E-state index is 13.3. The van der Waals surface area contributed by atoms with E-state index < -0.39 is 5.82 Å². The van der Waals surface area contributed by atoms with Crippen molar-refractivity contribution in [2.24, 2.45) is 0 Å². The lowest BCUT2D eigenvalue weighted by atomic mass is 10.1. The quantitative estimate of drug-likeness (QED) is 0.754. The molecule has 3 nitrogen and oxygen atoms in total. The Labute approximate surface area is 115 Å². The lowest BCUT2D eigenvalue weighted by Gasteiger charge is -2.10. The average Bonchev–Trinajstić information content (AvgIpc) is 2.42. The van der Waals surface area contributed by atoms with E-state index in [1.54, 1.807) is 0 Å². The van der Waals surface area contributed by atoms with Crippen LogP contribution in [-0.2, 0) is 13.2 Å². The molecule has 2 rings (SSSR count). The molecule has 0 amide bonds. The van der Waals surface area contributed by atoms with Gasteiger partial charge in [0.1, 0.15) is 5.82 Å². The zero-order chi connectivity index (χ0) is 13.8. The van der Waals surface area contributed by atoms with Crippen LogP contribution in [0.3, 0.4) is 0 Å². The summed E-state index contributed by atoms with van der Waals surface area (Å²) in [5, 5.41) is 12.0. The van der Waals surface area contributed by atoms with Crippen LogP contribution in [0.15, 0.2) is 36.4 Å². The number of nitrogen functional groups attached to an aromatic ring is 1. The van der Waals surface area contributed by atoms with E-state index in [1.165, 1.54) is 12.1 Å². The lowest BCUT2D eigenvalue weighted by molar-refractivity contribution is 0.282. The summed E-state index contributed by atoms with van der Waals surface area (Å²) in [6.45, 7) is 0.528. The van der Waals surface area contributed by atoms with Crippen LogP contribution in [0.4, 0.5) is 15.8 Å². The van der Waals surface area contributed by atoms with Crippen molar-refractivity contribution in [2.75, 3.05) is 11.1 Å². The molecule has 0 saturated carbocycles. The zero-order valence-corrected chi connectivity index (χ0v) is 10.9. The van der Waals surface area contributed by atoms with E-state index >= 15 is 0 Å². The number of benzene rings is 2. The highest BCUT2D eigenvalue weighted by molar-refractivity contribution is 6.31. The second-order valence-electron chi connectivity index (χ2n) is 4.18. The highest BCUT2D eigenvalue weighted by atomic mass is 35.5. The first kappa shape index (κ1) is 13.6. The van der Waals surface area contributed by atoms with Gasteiger partial charge in [-0.3, -0.25) is 0 Å². The fraction of sp³-hybridized carbons (Fsp3) is 0.143. The molecular formula is C14H14ClFN2O. The van der Waals surface area contributed by atoms with Crippen LogP contribution < -0.4 is 11.1 Å². The molecule has 4 N–H and O–H groups in total. The van der Waals surface area contributed by atoms with E-state index in [0.29, 0.717) is 17.9 Å². The summed E-state index contributed by atoms with van der Waals surface area (Å²) in [4.78, 5) is 0. The van der Waals surface area contributed by atoms with Gasteiger partial charge in [-0.2, -0.15) is 0 Å². The molecule has 0 fully saturated rings. The number of hydrogen-bond acceptors (Lipinski definition) is 3. The largest absolute Gasteiger partial charge is 0.397 e. The molecule has 100 valence electrons. The van der Waals surface area contributed by atoms with Gasteiger partial charge in [0, 0.05) is 12.6 Å². The van der Waals surface area contributed by atoms with Crippen LogP contribution >= 0.6 is 11.6 Å². The molecule has 5 heteroatoms. The predicted molar refractivity (Wildman–Crippen MR) is 75.5 cm³/mol. The summed E-state index contributed by atoms with van der Waals surface area (Å²) in [7, 11) is 0. The highest BCUT2D eigenvalue weighted by Gasteiger charge is 2.06. The summed E-state index contributed by atoms with van der Waals surface area (Å²) in [6, 6.07) is 10.1. The Hall–Kier alpha value is -1.78. The Morgan fingerprint density at radius 1 is 1.16 bits per heavy atom. The molecule has 0 radical (unpaired) electrons. The molecule has 19 heavy (non-hydrogen) atoms. The molecule has 0 atom stereocenters. The fourth-order valence-corrected chi connectivity index (χ4v) is 1.85. The molecule has 0 saturated heterocycles. The molecular weight excluding hydrogens is 267 g/mol. The van der Waals surface area contributed by atoms with Crippen LogP contribution in [0.25, 0.3) is 0 Å². The number of anilines is 2. The van der Waals surface area contributed by atoms with Gasteiger partial charge < -0.3 is 16.2 Å². The third-order valence-electron chi connectivity index (χ3n) is 2.78. The third kappa shape index (κ3) is 3.36. The maximum Gasteiger partial charge on any atom is 0.143 e. The molecule has 0 spiro atoms. The number of nitrogens with two attached hydrogens (primary N) is 1. The van der Waals surface area contributed by atoms with Gasteiger partial charge in [0.2, 0.25) is 0 Å². The third-order valence-corrected chi connectivity index (χ3v) is 3.07. The van der Waals surface area contributed by atoms with Crippen molar-refractivity contribution < 1.29 is 9.50 Å². The molecule has 2 aromatic carbocycles. The van der Waals surface area contributed by atoms with Gasteiger partial charge in [0.25, 0.3) is 0 Å². The van der Waals surface area contributed by atoms with E-state index in [9.17, 15) is 4.39 Å². The first-order valence-electron chi connectivity index (χ1n) is 5.77. The van der Waals surface area contributed by atoms with Gasteiger partial charge in [-0.15, -0.1) is 0 Å². The van der Waals surface area contributed by atoms with Crippen molar-refractivity contribution in [2.45, 2.75) is 13.2 Å². The van der Waals surface area contributed by atoms with Crippen LogP contribution in [0.5, 0.6) is 0 Å². The van der Waals surface area contributed by atoms with E-state index in [-0.39, 0.29) is 11.6 Å². The highest BCUT2D eigenvalue weighted by Crippen LogP contribution is 2.26. The first-order valence-corrected chi connectivity index (χ1v) is 6.15. The van der Waals surface area contributed by atoms with Crippen molar-refractivity contribution in [1.29, 1.82) is 0 Å². The Bertz CT molecular complexity index is 572. The summed E-state index contributed by atoms with van der Waals surface area (Å²) in [6.07, 6.45) is 0. The molecule has 0 aromatic heterocycles. The van der Waals surface area contributed by atoms with Crippen molar-refractivity contribution in [3.05, 3.63) is 58.4 Å². The summed E-state index contributed by atoms with van der Waals surface area (Å²) < 4.78 is 13.3. The Morgan fingerprint density at radius 2 is 1.79 bits per heavy atom. The number of hydrogen-bond donors (Lipinski definition) is 3. The monoisotopic (exact) mass is 280 g/mol. The van der Waals surface area contributed by atoms with Crippen molar-refractivity contribution in [1.82, 2.24) is 0 Å². The second kappa shape index (κ2) is 5.91. The maximum absolute atomic E-state index is 13.3. The molecule has 0 aliphatic rings. The number of aliphatic hydroxyl groups excluding tert-OH is 1. The van der Waals surface area contributed by atoms with E-state index in [2.05, 4.69) is 5.32 Å². The van der Waals surface area contributed by atoms with Crippen molar-refractivity contribution in [3.8, 4) is 0 Å². The van der Waals surface area contributed by atoms with Gasteiger partial charge in [-0.1, -0.05) is 35.9 Å². The van der Waals surface area contributed by atoms with Gasteiger partial charge in [-0.25, -0.2) is 4.39 Å². The minimum absolute atomic E-state index is 0.00958. The predicted octanol–water partition coefficient (Wildman–Crippen LogP) is 3.17.